The van der Waals surface area contributed by atoms with E-state index in [1.165, 1.54) is 38.5 Å². The molecule has 1 aromatic heterocycles. The lowest BCUT2D eigenvalue weighted by atomic mass is 9.98. The molecule has 3 heteroatoms. The van der Waals surface area contributed by atoms with Crippen LogP contribution in [0.4, 0.5) is 5.69 Å². The van der Waals surface area contributed by atoms with Gasteiger partial charge in [0.2, 0.25) is 0 Å². The van der Waals surface area contributed by atoms with Gasteiger partial charge in [-0.2, -0.15) is 0 Å². The third-order valence-corrected chi connectivity index (χ3v) is 4.23. The number of nitrogens with one attached hydrogen (secondary N) is 1. The summed E-state index contributed by atoms with van der Waals surface area (Å²) in [5, 5.41) is 3.61. The Kier molecular flexibility index (Phi) is 4.84. The van der Waals surface area contributed by atoms with Crippen molar-refractivity contribution in [2.45, 2.75) is 51.5 Å². The molecular formula is C14H21BrN2. The first-order valence-corrected chi connectivity index (χ1v) is 7.45. The van der Waals surface area contributed by atoms with Crippen molar-refractivity contribution in [3.05, 3.63) is 22.9 Å². The molecule has 0 saturated heterocycles. The molecular weight excluding hydrogens is 276 g/mol. The van der Waals surface area contributed by atoms with Gasteiger partial charge in [-0.05, 0) is 53.2 Å². The topological polar surface area (TPSA) is 24.9 Å². The molecule has 2 atom stereocenters. The second-order valence-electron chi connectivity index (χ2n) is 4.99. The number of hydrogen-bond donors (Lipinski definition) is 1. The number of pyridine rings is 1. The summed E-state index contributed by atoms with van der Waals surface area (Å²) in [6, 6.07) is 4.72. The summed E-state index contributed by atoms with van der Waals surface area (Å²) >= 11 is 3.36. The molecule has 1 aromatic rings. The van der Waals surface area contributed by atoms with E-state index in [-0.39, 0.29) is 0 Å². The molecule has 0 aliphatic heterocycles. The fourth-order valence-corrected chi connectivity index (χ4v) is 2.86. The zero-order valence-corrected chi connectivity index (χ0v) is 12.0. The highest BCUT2D eigenvalue weighted by Gasteiger charge is 2.17. The molecule has 1 saturated carbocycles. The van der Waals surface area contributed by atoms with Crippen LogP contribution >= 0.6 is 15.9 Å². The molecule has 17 heavy (non-hydrogen) atoms. The van der Waals surface area contributed by atoms with Crippen molar-refractivity contribution in [2.24, 2.45) is 5.92 Å². The Bertz CT molecular complexity index is 337. The molecule has 0 radical (unpaired) electrons. The molecule has 1 heterocycles. The summed E-state index contributed by atoms with van der Waals surface area (Å²) in [7, 11) is 0. The number of rotatable bonds is 3. The molecule has 1 aliphatic rings. The molecule has 0 spiro atoms. The van der Waals surface area contributed by atoms with Gasteiger partial charge < -0.3 is 5.32 Å². The normalized spacial score (nSPS) is 25.3. The van der Waals surface area contributed by atoms with Crippen LogP contribution in [0, 0.1) is 5.92 Å². The minimum Gasteiger partial charge on any atom is -0.381 e. The fraction of sp³-hybridized carbons (Fsp3) is 0.643. The van der Waals surface area contributed by atoms with Crippen LogP contribution in [0.25, 0.3) is 0 Å². The summed E-state index contributed by atoms with van der Waals surface area (Å²) in [6.45, 7) is 2.32. The van der Waals surface area contributed by atoms with E-state index in [9.17, 15) is 0 Å². The number of halogens is 1. The fourth-order valence-electron chi connectivity index (χ4n) is 2.63. The Morgan fingerprint density at radius 1 is 1.29 bits per heavy atom. The first kappa shape index (κ1) is 12.9. The van der Waals surface area contributed by atoms with Crippen molar-refractivity contribution in [1.29, 1.82) is 0 Å². The molecule has 0 aromatic carbocycles. The Labute approximate surface area is 112 Å². The van der Waals surface area contributed by atoms with Crippen LogP contribution in [-0.2, 0) is 0 Å². The van der Waals surface area contributed by atoms with E-state index in [1.54, 1.807) is 0 Å². The van der Waals surface area contributed by atoms with E-state index in [0.29, 0.717) is 6.04 Å². The van der Waals surface area contributed by atoms with Crippen LogP contribution in [0.15, 0.2) is 22.9 Å². The van der Waals surface area contributed by atoms with Crippen LogP contribution in [0.3, 0.4) is 0 Å². The second kappa shape index (κ2) is 6.39. The highest BCUT2D eigenvalue weighted by Crippen LogP contribution is 2.27. The van der Waals surface area contributed by atoms with E-state index in [1.807, 2.05) is 12.3 Å². The van der Waals surface area contributed by atoms with Crippen LogP contribution in [0.2, 0.25) is 0 Å². The van der Waals surface area contributed by atoms with Gasteiger partial charge in [-0.15, -0.1) is 0 Å². The lowest BCUT2D eigenvalue weighted by Crippen LogP contribution is -2.18. The van der Waals surface area contributed by atoms with Gasteiger partial charge in [-0.1, -0.05) is 26.2 Å². The van der Waals surface area contributed by atoms with E-state index in [4.69, 9.17) is 0 Å². The number of aromatic nitrogens is 1. The molecule has 0 bridgehead atoms. The lowest BCUT2D eigenvalue weighted by molar-refractivity contribution is 0.444. The molecule has 0 amide bonds. The van der Waals surface area contributed by atoms with Crippen LogP contribution in [-0.4, -0.2) is 11.0 Å². The van der Waals surface area contributed by atoms with Gasteiger partial charge in [0.05, 0.1) is 11.9 Å². The molecule has 2 nitrogen and oxygen atoms in total. The minimum absolute atomic E-state index is 0.634. The maximum Gasteiger partial charge on any atom is 0.106 e. The maximum atomic E-state index is 4.25. The van der Waals surface area contributed by atoms with Gasteiger partial charge in [0.1, 0.15) is 4.60 Å². The molecule has 94 valence electrons. The van der Waals surface area contributed by atoms with Gasteiger partial charge in [-0.3, -0.25) is 0 Å². The minimum atomic E-state index is 0.634. The van der Waals surface area contributed by atoms with Crippen molar-refractivity contribution < 1.29 is 0 Å². The van der Waals surface area contributed by atoms with Crippen LogP contribution < -0.4 is 5.32 Å². The Balaban J connectivity index is 1.88. The molecule has 2 unspecified atom stereocenters. The summed E-state index contributed by atoms with van der Waals surface area (Å²) in [4.78, 5) is 4.25. The van der Waals surface area contributed by atoms with Crippen molar-refractivity contribution >= 4 is 21.6 Å². The van der Waals surface area contributed by atoms with Gasteiger partial charge >= 0.3 is 0 Å². The summed E-state index contributed by atoms with van der Waals surface area (Å²) in [6.07, 6.45) is 9.99. The first-order valence-electron chi connectivity index (χ1n) is 6.66. The van der Waals surface area contributed by atoms with Crippen molar-refractivity contribution in [3.63, 3.8) is 0 Å². The van der Waals surface area contributed by atoms with E-state index in [0.717, 1.165) is 16.2 Å². The van der Waals surface area contributed by atoms with Gasteiger partial charge in [-0.25, -0.2) is 4.98 Å². The average Bonchev–Trinajstić information content (AvgIpc) is 2.57. The number of hydrogen-bond acceptors (Lipinski definition) is 2. The second-order valence-corrected chi connectivity index (χ2v) is 5.81. The Hall–Kier alpha value is -0.570. The van der Waals surface area contributed by atoms with Gasteiger partial charge in [0.25, 0.3) is 0 Å². The first-order chi connectivity index (χ1) is 8.28. The van der Waals surface area contributed by atoms with E-state index >= 15 is 0 Å². The SMILES string of the molecule is CCC1CCCC(Nc2ccc(Br)nc2)CC1. The molecule has 1 fully saturated rings. The smallest absolute Gasteiger partial charge is 0.106 e. The van der Waals surface area contributed by atoms with E-state index in [2.05, 4.69) is 39.2 Å². The van der Waals surface area contributed by atoms with Gasteiger partial charge in [0.15, 0.2) is 0 Å². The standard InChI is InChI=1S/C14H21BrN2/c1-2-11-4-3-5-12(7-6-11)17-13-8-9-14(15)16-10-13/h8-12,17H,2-7H2,1H3. The zero-order chi connectivity index (χ0) is 12.1. The monoisotopic (exact) mass is 296 g/mol. The van der Waals surface area contributed by atoms with Crippen molar-refractivity contribution in [1.82, 2.24) is 4.98 Å². The van der Waals surface area contributed by atoms with E-state index < -0.39 is 0 Å². The van der Waals surface area contributed by atoms with Crippen molar-refractivity contribution in [3.8, 4) is 0 Å². The lowest BCUT2D eigenvalue weighted by Gasteiger charge is -2.17. The quantitative estimate of drug-likeness (QED) is 0.650. The number of nitrogens with zero attached hydrogens (tertiary/aromatic N) is 1. The summed E-state index contributed by atoms with van der Waals surface area (Å²) in [5.41, 5.74) is 1.15. The Morgan fingerprint density at radius 2 is 2.18 bits per heavy atom. The third kappa shape index (κ3) is 3.98. The van der Waals surface area contributed by atoms with Gasteiger partial charge in [0, 0.05) is 6.04 Å². The summed E-state index contributed by atoms with van der Waals surface area (Å²) in [5.74, 6) is 0.949. The predicted octanol–water partition coefficient (Wildman–Crippen LogP) is 4.61. The molecule has 1 N–H and O–H groups in total. The van der Waals surface area contributed by atoms with Crippen LogP contribution in [0.1, 0.15) is 45.4 Å². The average molecular weight is 297 g/mol. The maximum absolute atomic E-state index is 4.25. The largest absolute Gasteiger partial charge is 0.381 e. The molecule has 1 aliphatic carbocycles. The van der Waals surface area contributed by atoms with Crippen LogP contribution in [0.5, 0.6) is 0 Å². The zero-order valence-electron chi connectivity index (χ0n) is 10.5. The predicted molar refractivity (Wildman–Crippen MR) is 76.2 cm³/mol. The Morgan fingerprint density at radius 3 is 2.88 bits per heavy atom. The molecule has 2 rings (SSSR count). The number of anilines is 1. The highest BCUT2D eigenvalue weighted by molar-refractivity contribution is 9.10. The van der Waals surface area contributed by atoms with Crippen molar-refractivity contribution in [2.75, 3.05) is 5.32 Å². The summed E-state index contributed by atoms with van der Waals surface area (Å²) < 4.78 is 0.898. The highest BCUT2D eigenvalue weighted by atomic mass is 79.9. The third-order valence-electron chi connectivity index (χ3n) is 3.76.